The maximum Gasteiger partial charge on any atom is 0.189 e. The molecule has 0 aliphatic heterocycles. The van der Waals surface area contributed by atoms with E-state index < -0.39 is 5.82 Å². The van der Waals surface area contributed by atoms with Gasteiger partial charge in [-0.2, -0.15) is 0 Å². The van der Waals surface area contributed by atoms with E-state index in [1.54, 1.807) is 6.07 Å². The fraction of sp³-hybridized carbons (Fsp3) is 0.455. The van der Waals surface area contributed by atoms with Crippen molar-refractivity contribution in [1.29, 1.82) is 0 Å². The molecule has 1 aromatic carbocycles. The molecule has 0 N–H and O–H groups in total. The number of hydrogen-bond acceptors (Lipinski definition) is 2. The van der Waals surface area contributed by atoms with Crippen LogP contribution in [0.1, 0.15) is 12.8 Å². The zero-order valence-corrected chi connectivity index (χ0v) is 8.97. The summed E-state index contributed by atoms with van der Waals surface area (Å²) < 4.78 is 23.4. The van der Waals surface area contributed by atoms with Crippen molar-refractivity contribution in [3.05, 3.63) is 29.0 Å². The van der Waals surface area contributed by atoms with Crippen molar-refractivity contribution in [3.8, 4) is 5.75 Å². The van der Waals surface area contributed by atoms with Crippen molar-refractivity contribution in [3.63, 3.8) is 0 Å². The van der Waals surface area contributed by atoms with E-state index >= 15 is 0 Å². The van der Waals surface area contributed by atoms with Gasteiger partial charge in [-0.05, 0) is 30.9 Å². The Balaban J connectivity index is 1.74. The summed E-state index contributed by atoms with van der Waals surface area (Å²) in [4.78, 5) is 0. The van der Waals surface area contributed by atoms with E-state index in [-0.39, 0.29) is 11.8 Å². The number of hydrogen-bond donors (Lipinski definition) is 0. The zero-order chi connectivity index (χ0) is 10.7. The van der Waals surface area contributed by atoms with Crippen LogP contribution < -0.4 is 4.74 Å². The summed E-state index contributed by atoms with van der Waals surface area (Å²) in [5.41, 5.74) is 0. The highest BCUT2D eigenvalue weighted by molar-refractivity contribution is 6.30. The van der Waals surface area contributed by atoms with E-state index in [4.69, 9.17) is 21.1 Å². The number of halogens is 2. The molecule has 0 amide bonds. The molecule has 4 heteroatoms. The van der Waals surface area contributed by atoms with E-state index in [9.17, 15) is 4.39 Å². The summed E-state index contributed by atoms with van der Waals surface area (Å²) in [6, 6.07) is 4.34. The Morgan fingerprint density at radius 1 is 1.40 bits per heavy atom. The SMILES string of the molecule is Fc1cc(OCOCC2CC2)ccc1Cl. The maximum absolute atomic E-state index is 13.0. The van der Waals surface area contributed by atoms with Gasteiger partial charge in [-0.1, -0.05) is 11.6 Å². The van der Waals surface area contributed by atoms with Gasteiger partial charge >= 0.3 is 0 Å². The predicted molar refractivity (Wildman–Crippen MR) is 55.6 cm³/mol. The van der Waals surface area contributed by atoms with Gasteiger partial charge in [0, 0.05) is 6.07 Å². The first-order valence-electron chi connectivity index (χ1n) is 4.91. The standard InChI is InChI=1S/C11H12ClFO2/c12-10-4-3-9(5-11(10)13)15-7-14-6-8-1-2-8/h3-5,8H,1-2,6-7H2. The van der Waals surface area contributed by atoms with Gasteiger partial charge in [0.25, 0.3) is 0 Å². The Bertz CT molecular complexity index is 339. The molecule has 0 heterocycles. The van der Waals surface area contributed by atoms with Gasteiger partial charge in [-0.25, -0.2) is 4.39 Å². The molecule has 0 spiro atoms. The predicted octanol–water partition coefficient (Wildman–Crippen LogP) is 3.24. The highest BCUT2D eigenvalue weighted by Crippen LogP contribution is 2.28. The van der Waals surface area contributed by atoms with Gasteiger partial charge in [0.1, 0.15) is 11.6 Å². The Morgan fingerprint density at radius 2 is 2.20 bits per heavy atom. The lowest BCUT2D eigenvalue weighted by Gasteiger charge is -2.06. The minimum atomic E-state index is -0.476. The Morgan fingerprint density at radius 3 is 2.87 bits per heavy atom. The summed E-state index contributed by atoms with van der Waals surface area (Å²) in [6.07, 6.45) is 2.49. The normalized spacial score (nSPS) is 15.3. The molecule has 15 heavy (non-hydrogen) atoms. The minimum Gasteiger partial charge on any atom is -0.467 e. The lowest BCUT2D eigenvalue weighted by Crippen LogP contribution is -2.05. The monoisotopic (exact) mass is 230 g/mol. The second-order valence-electron chi connectivity index (χ2n) is 3.65. The average Bonchev–Trinajstić information content (AvgIpc) is 3.02. The summed E-state index contributed by atoms with van der Waals surface area (Å²) in [5.74, 6) is 0.666. The van der Waals surface area contributed by atoms with Crippen LogP contribution in [0.3, 0.4) is 0 Å². The third-order valence-electron chi connectivity index (χ3n) is 2.25. The first kappa shape index (κ1) is 10.7. The zero-order valence-electron chi connectivity index (χ0n) is 8.21. The Labute approximate surface area is 92.9 Å². The van der Waals surface area contributed by atoms with Crippen LogP contribution in [-0.2, 0) is 4.74 Å². The Kier molecular flexibility index (Phi) is 3.44. The van der Waals surface area contributed by atoms with E-state index in [1.165, 1.54) is 25.0 Å². The van der Waals surface area contributed by atoms with E-state index in [2.05, 4.69) is 0 Å². The minimum absolute atomic E-state index is 0.0984. The summed E-state index contributed by atoms with van der Waals surface area (Å²) in [6.45, 7) is 0.896. The second kappa shape index (κ2) is 4.81. The lowest BCUT2D eigenvalue weighted by molar-refractivity contribution is 0.00984. The van der Waals surface area contributed by atoms with Gasteiger partial charge < -0.3 is 9.47 Å². The van der Waals surface area contributed by atoms with Crippen LogP contribution in [0.4, 0.5) is 4.39 Å². The maximum atomic E-state index is 13.0. The number of rotatable bonds is 5. The number of benzene rings is 1. The smallest absolute Gasteiger partial charge is 0.189 e. The summed E-state index contributed by atoms with van der Waals surface area (Å²) in [5, 5.41) is 0.0984. The molecule has 0 radical (unpaired) electrons. The molecule has 0 unspecified atom stereocenters. The molecule has 0 saturated heterocycles. The molecule has 0 aromatic heterocycles. The topological polar surface area (TPSA) is 18.5 Å². The highest BCUT2D eigenvalue weighted by Gasteiger charge is 2.21. The van der Waals surface area contributed by atoms with Crippen molar-refractivity contribution < 1.29 is 13.9 Å². The van der Waals surface area contributed by atoms with Crippen LogP contribution in [0.25, 0.3) is 0 Å². The average molecular weight is 231 g/mol. The molecule has 1 saturated carbocycles. The van der Waals surface area contributed by atoms with Gasteiger partial charge in [-0.15, -0.1) is 0 Å². The van der Waals surface area contributed by atoms with Gasteiger partial charge in [0.15, 0.2) is 6.79 Å². The molecule has 1 fully saturated rings. The molecule has 1 aromatic rings. The van der Waals surface area contributed by atoms with Gasteiger partial charge in [0.05, 0.1) is 11.6 Å². The molecular weight excluding hydrogens is 219 g/mol. The summed E-state index contributed by atoms with van der Waals surface area (Å²) >= 11 is 5.53. The van der Waals surface area contributed by atoms with Crippen LogP contribution in [0.5, 0.6) is 5.75 Å². The molecule has 2 rings (SSSR count). The van der Waals surface area contributed by atoms with Gasteiger partial charge in [0.2, 0.25) is 0 Å². The van der Waals surface area contributed by atoms with Crippen molar-refractivity contribution in [2.75, 3.05) is 13.4 Å². The van der Waals surface area contributed by atoms with E-state index in [0.29, 0.717) is 11.7 Å². The molecule has 1 aliphatic carbocycles. The highest BCUT2D eigenvalue weighted by atomic mass is 35.5. The van der Waals surface area contributed by atoms with Gasteiger partial charge in [-0.3, -0.25) is 0 Å². The molecule has 1 aliphatic rings. The molecule has 0 atom stereocenters. The first-order valence-corrected chi connectivity index (χ1v) is 5.29. The van der Waals surface area contributed by atoms with Crippen molar-refractivity contribution >= 4 is 11.6 Å². The van der Waals surface area contributed by atoms with E-state index in [0.717, 1.165) is 6.61 Å². The Hall–Kier alpha value is -0.800. The second-order valence-corrected chi connectivity index (χ2v) is 4.06. The van der Waals surface area contributed by atoms with E-state index in [1.807, 2.05) is 0 Å². The van der Waals surface area contributed by atoms with Crippen LogP contribution in [0, 0.1) is 11.7 Å². The fourth-order valence-electron chi connectivity index (χ4n) is 1.18. The number of ether oxygens (including phenoxy) is 2. The first-order chi connectivity index (χ1) is 7.25. The molecule has 0 bridgehead atoms. The van der Waals surface area contributed by atoms with Crippen LogP contribution in [0.15, 0.2) is 18.2 Å². The lowest BCUT2D eigenvalue weighted by atomic mass is 10.3. The van der Waals surface area contributed by atoms with Crippen LogP contribution >= 0.6 is 11.6 Å². The van der Waals surface area contributed by atoms with Crippen molar-refractivity contribution in [2.24, 2.45) is 5.92 Å². The molecule has 2 nitrogen and oxygen atoms in total. The molecular formula is C11H12ClFO2. The third kappa shape index (κ3) is 3.36. The quantitative estimate of drug-likeness (QED) is 0.571. The van der Waals surface area contributed by atoms with Crippen LogP contribution in [0.2, 0.25) is 5.02 Å². The fourth-order valence-corrected chi connectivity index (χ4v) is 1.29. The molecule has 82 valence electrons. The van der Waals surface area contributed by atoms with Crippen molar-refractivity contribution in [1.82, 2.24) is 0 Å². The third-order valence-corrected chi connectivity index (χ3v) is 2.56. The summed E-state index contributed by atoms with van der Waals surface area (Å²) in [7, 11) is 0. The van der Waals surface area contributed by atoms with Crippen molar-refractivity contribution in [2.45, 2.75) is 12.8 Å². The van der Waals surface area contributed by atoms with Crippen LogP contribution in [-0.4, -0.2) is 13.4 Å². The largest absolute Gasteiger partial charge is 0.467 e.